The van der Waals surface area contributed by atoms with Crippen LogP contribution < -0.4 is 0 Å². The van der Waals surface area contributed by atoms with Gasteiger partial charge in [0.05, 0.1) is 5.76 Å². The lowest BCUT2D eigenvalue weighted by Gasteiger charge is -2.14. The zero-order valence-electron chi connectivity index (χ0n) is 15.0. The monoisotopic (exact) mass is 298 g/mol. The zero-order chi connectivity index (χ0) is 16.9. The van der Waals surface area contributed by atoms with Gasteiger partial charge in [-0.3, -0.25) is 0 Å². The third kappa shape index (κ3) is 4.91. The molecule has 0 saturated carbocycles. The number of hydrogen-bond acceptors (Lipinski definition) is 1. The molecule has 0 aliphatic heterocycles. The lowest BCUT2D eigenvalue weighted by molar-refractivity contribution is 0.396. The second kappa shape index (κ2) is 8.03. The summed E-state index contributed by atoms with van der Waals surface area (Å²) in [5.74, 6) is 0.799. The van der Waals surface area contributed by atoms with E-state index < -0.39 is 0 Å². The van der Waals surface area contributed by atoms with Gasteiger partial charge in [0.1, 0.15) is 0 Å². The first-order valence-electron chi connectivity index (χ1n) is 8.03. The molecule has 0 aromatic heterocycles. The van der Waals surface area contributed by atoms with Crippen LogP contribution in [0.4, 0.5) is 0 Å². The van der Waals surface area contributed by atoms with E-state index in [1.165, 1.54) is 27.8 Å². The van der Waals surface area contributed by atoms with Crippen molar-refractivity contribution in [1.29, 1.82) is 0 Å². The van der Waals surface area contributed by atoms with Crippen LogP contribution in [0, 0.1) is 26.7 Å². The first-order chi connectivity index (χ1) is 10.3. The summed E-state index contributed by atoms with van der Waals surface area (Å²) >= 11 is 0. The van der Waals surface area contributed by atoms with Crippen molar-refractivity contribution in [1.82, 2.24) is 0 Å². The minimum absolute atomic E-state index is 0.357. The number of hydrogen-bond donors (Lipinski definition) is 1. The Kier molecular flexibility index (Phi) is 6.67. The van der Waals surface area contributed by atoms with Crippen LogP contribution in [0.1, 0.15) is 49.4 Å². The fraction of sp³-hybridized carbons (Fsp3) is 0.429. The van der Waals surface area contributed by atoms with Gasteiger partial charge < -0.3 is 5.11 Å². The molecule has 0 unspecified atom stereocenters. The zero-order valence-corrected chi connectivity index (χ0v) is 15.0. The number of aryl methyl sites for hydroxylation is 3. The largest absolute Gasteiger partial charge is 0.513 e. The highest BCUT2D eigenvalue weighted by atomic mass is 16.3. The van der Waals surface area contributed by atoms with Crippen molar-refractivity contribution in [3.8, 4) is 0 Å². The SMILES string of the molecule is C=C/C(=C\C/C(=C(\C)O)C(C)C)Cc1c(C)cc(C)cc1C. The van der Waals surface area contributed by atoms with Gasteiger partial charge in [0.25, 0.3) is 0 Å². The predicted octanol–water partition coefficient (Wildman–Crippen LogP) is 6.14. The van der Waals surface area contributed by atoms with Crippen LogP contribution in [0.15, 0.2) is 47.8 Å². The lowest BCUT2D eigenvalue weighted by atomic mass is 9.92. The molecular formula is C21H30O. The number of aliphatic hydroxyl groups is 1. The Bertz CT molecular complexity index is 573. The van der Waals surface area contributed by atoms with Gasteiger partial charge in [-0.1, -0.05) is 50.3 Å². The van der Waals surface area contributed by atoms with Crippen LogP contribution in [0.5, 0.6) is 0 Å². The van der Waals surface area contributed by atoms with Crippen LogP contribution >= 0.6 is 0 Å². The highest BCUT2D eigenvalue weighted by molar-refractivity contribution is 5.41. The van der Waals surface area contributed by atoms with E-state index in [4.69, 9.17) is 0 Å². The Morgan fingerprint density at radius 2 is 1.73 bits per heavy atom. The number of aliphatic hydroxyl groups excluding tert-OH is 1. The molecule has 0 spiro atoms. The van der Waals surface area contributed by atoms with Crippen LogP contribution in [0.2, 0.25) is 0 Å². The maximum Gasteiger partial charge on any atom is 0.0889 e. The van der Waals surface area contributed by atoms with Crippen LogP contribution in [-0.4, -0.2) is 5.11 Å². The second-order valence-corrected chi connectivity index (χ2v) is 6.51. The minimum atomic E-state index is 0.357. The Morgan fingerprint density at radius 3 is 2.14 bits per heavy atom. The molecule has 1 rings (SSSR count). The first kappa shape index (κ1) is 18.3. The molecule has 0 radical (unpaired) electrons. The molecule has 1 heteroatoms. The summed E-state index contributed by atoms with van der Waals surface area (Å²) in [6, 6.07) is 4.47. The Hall–Kier alpha value is -1.76. The smallest absolute Gasteiger partial charge is 0.0889 e. The van der Waals surface area contributed by atoms with E-state index in [0.717, 1.165) is 18.4 Å². The van der Waals surface area contributed by atoms with Crippen molar-refractivity contribution >= 4 is 0 Å². The number of benzene rings is 1. The summed E-state index contributed by atoms with van der Waals surface area (Å²) in [6.45, 7) is 16.4. The van der Waals surface area contributed by atoms with Gasteiger partial charge in [-0.25, -0.2) is 0 Å². The van der Waals surface area contributed by atoms with Gasteiger partial charge >= 0.3 is 0 Å². The number of rotatable bonds is 6. The van der Waals surface area contributed by atoms with Crippen molar-refractivity contribution in [3.05, 3.63) is 70.0 Å². The van der Waals surface area contributed by atoms with Crippen LogP contribution in [-0.2, 0) is 6.42 Å². The molecule has 0 aliphatic rings. The lowest BCUT2D eigenvalue weighted by Crippen LogP contribution is -1.99. The van der Waals surface area contributed by atoms with E-state index in [2.05, 4.69) is 59.4 Å². The van der Waals surface area contributed by atoms with Gasteiger partial charge in [-0.15, -0.1) is 0 Å². The fourth-order valence-electron chi connectivity index (χ4n) is 2.96. The maximum absolute atomic E-state index is 9.80. The molecule has 1 nitrogen and oxygen atoms in total. The summed E-state index contributed by atoms with van der Waals surface area (Å²) in [6.07, 6.45) is 5.81. The molecule has 0 aliphatic carbocycles. The Balaban J connectivity index is 3.02. The predicted molar refractivity (Wildman–Crippen MR) is 97.4 cm³/mol. The Morgan fingerprint density at radius 1 is 1.18 bits per heavy atom. The van der Waals surface area contributed by atoms with Gasteiger partial charge in [0.2, 0.25) is 0 Å². The van der Waals surface area contributed by atoms with Gasteiger partial charge in [0.15, 0.2) is 0 Å². The van der Waals surface area contributed by atoms with E-state index >= 15 is 0 Å². The summed E-state index contributed by atoms with van der Waals surface area (Å²) in [7, 11) is 0. The second-order valence-electron chi connectivity index (χ2n) is 6.51. The molecule has 1 aromatic carbocycles. The van der Waals surface area contributed by atoms with Crippen molar-refractivity contribution in [2.45, 2.75) is 54.4 Å². The highest BCUT2D eigenvalue weighted by Gasteiger charge is 2.08. The molecule has 1 aromatic rings. The molecule has 120 valence electrons. The van der Waals surface area contributed by atoms with Gasteiger partial charge in [0, 0.05) is 0 Å². The van der Waals surface area contributed by atoms with E-state index in [0.29, 0.717) is 11.7 Å². The standard InChI is InChI=1S/C21H30O/c1-8-19(9-10-20(14(2)3)18(7)22)13-21-16(5)11-15(4)12-17(21)6/h8-9,11-12,14,22H,1,10,13H2,2-7H3/b19-9+,20-18-. The minimum Gasteiger partial charge on any atom is -0.513 e. The van der Waals surface area contributed by atoms with Gasteiger partial charge in [-0.05, 0) is 74.3 Å². The molecule has 0 fully saturated rings. The maximum atomic E-state index is 9.80. The summed E-state index contributed by atoms with van der Waals surface area (Å²) in [4.78, 5) is 0. The molecule has 0 atom stereocenters. The average molecular weight is 298 g/mol. The number of allylic oxidation sites excluding steroid dienone is 5. The summed E-state index contributed by atoms with van der Waals surface area (Å²) < 4.78 is 0. The van der Waals surface area contributed by atoms with Crippen molar-refractivity contribution in [2.24, 2.45) is 5.92 Å². The molecule has 1 N–H and O–H groups in total. The van der Waals surface area contributed by atoms with Crippen molar-refractivity contribution in [2.75, 3.05) is 0 Å². The first-order valence-corrected chi connectivity index (χ1v) is 8.03. The molecule has 22 heavy (non-hydrogen) atoms. The van der Waals surface area contributed by atoms with Gasteiger partial charge in [-0.2, -0.15) is 0 Å². The van der Waals surface area contributed by atoms with Crippen LogP contribution in [0.3, 0.4) is 0 Å². The summed E-state index contributed by atoms with van der Waals surface area (Å²) in [5.41, 5.74) is 7.67. The molecule has 0 amide bonds. The average Bonchev–Trinajstić information content (AvgIpc) is 2.39. The molecular weight excluding hydrogens is 268 g/mol. The topological polar surface area (TPSA) is 20.2 Å². The normalized spacial score (nSPS) is 13.3. The molecule has 0 saturated heterocycles. The van der Waals surface area contributed by atoms with E-state index in [-0.39, 0.29) is 0 Å². The highest BCUT2D eigenvalue weighted by Crippen LogP contribution is 2.23. The molecule has 0 bridgehead atoms. The third-order valence-corrected chi connectivity index (χ3v) is 4.23. The van der Waals surface area contributed by atoms with Crippen molar-refractivity contribution < 1.29 is 5.11 Å². The third-order valence-electron chi connectivity index (χ3n) is 4.23. The van der Waals surface area contributed by atoms with E-state index in [1.807, 2.05) is 6.08 Å². The van der Waals surface area contributed by atoms with Crippen molar-refractivity contribution in [3.63, 3.8) is 0 Å². The van der Waals surface area contributed by atoms with E-state index in [1.54, 1.807) is 6.92 Å². The molecule has 0 heterocycles. The van der Waals surface area contributed by atoms with E-state index in [9.17, 15) is 5.11 Å². The van der Waals surface area contributed by atoms with Crippen LogP contribution in [0.25, 0.3) is 0 Å². The Labute approximate surface area is 136 Å². The fourth-order valence-corrected chi connectivity index (χ4v) is 2.96. The quantitative estimate of drug-likeness (QED) is 0.493. The summed E-state index contributed by atoms with van der Waals surface area (Å²) in [5, 5.41) is 9.80.